The molecule has 0 bridgehead atoms. The largest absolute Gasteiger partial charge is 0.494 e. The third kappa shape index (κ3) is 4.95. The van der Waals surface area contributed by atoms with Crippen LogP contribution in [0.2, 0.25) is 5.02 Å². The van der Waals surface area contributed by atoms with E-state index in [0.717, 1.165) is 5.69 Å². The molecule has 0 N–H and O–H groups in total. The number of halogens is 1. The summed E-state index contributed by atoms with van der Waals surface area (Å²) in [5, 5.41) is 0.701. The highest BCUT2D eigenvalue weighted by molar-refractivity contribution is 6.33. The number of hydrogen-bond acceptors (Lipinski definition) is 5. The zero-order chi connectivity index (χ0) is 19.9. The lowest BCUT2D eigenvalue weighted by Gasteiger charge is -2.36. The third-order valence-electron chi connectivity index (χ3n) is 4.55. The van der Waals surface area contributed by atoms with Gasteiger partial charge in [0.15, 0.2) is 6.61 Å². The predicted molar refractivity (Wildman–Crippen MR) is 108 cm³/mol. The number of anilines is 1. The molecule has 2 aromatic carbocycles. The summed E-state index contributed by atoms with van der Waals surface area (Å²) in [6, 6.07) is 14.3. The number of ether oxygens (including phenoxy) is 2. The standard InChI is InChI=1S/C21H23ClN2O4/c1-2-27-17-9-7-16(8-10-17)21(26)28-15-20(25)24-13-11-23(12-14-24)19-6-4-3-5-18(19)22/h3-10H,2,11-15H2,1H3. The van der Waals surface area contributed by atoms with Crippen LogP contribution in [0.4, 0.5) is 5.69 Å². The van der Waals surface area contributed by atoms with Crippen LogP contribution in [-0.4, -0.2) is 56.2 Å². The first-order valence-electron chi connectivity index (χ1n) is 9.25. The van der Waals surface area contributed by atoms with E-state index in [1.807, 2.05) is 31.2 Å². The Morgan fingerprint density at radius 3 is 2.32 bits per heavy atom. The molecule has 3 rings (SSSR count). The van der Waals surface area contributed by atoms with Crippen molar-refractivity contribution < 1.29 is 19.1 Å². The molecule has 0 spiro atoms. The second kappa shape index (κ2) is 9.46. The van der Waals surface area contributed by atoms with Gasteiger partial charge in [-0.3, -0.25) is 4.79 Å². The molecule has 28 heavy (non-hydrogen) atoms. The van der Waals surface area contributed by atoms with Crippen molar-refractivity contribution in [2.24, 2.45) is 0 Å². The van der Waals surface area contributed by atoms with Gasteiger partial charge in [0.2, 0.25) is 0 Å². The van der Waals surface area contributed by atoms with E-state index in [4.69, 9.17) is 21.1 Å². The molecule has 1 heterocycles. The molecule has 0 saturated carbocycles. The van der Waals surface area contributed by atoms with Crippen LogP contribution in [0.3, 0.4) is 0 Å². The summed E-state index contributed by atoms with van der Waals surface area (Å²) in [7, 11) is 0. The number of piperazine rings is 1. The fraction of sp³-hybridized carbons (Fsp3) is 0.333. The predicted octanol–water partition coefficient (Wildman–Crippen LogP) is 3.24. The zero-order valence-corrected chi connectivity index (χ0v) is 16.5. The van der Waals surface area contributed by atoms with Crippen LogP contribution in [0.1, 0.15) is 17.3 Å². The van der Waals surface area contributed by atoms with Crippen molar-refractivity contribution in [2.45, 2.75) is 6.92 Å². The summed E-state index contributed by atoms with van der Waals surface area (Å²) in [5.41, 5.74) is 1.36. The van der Waals surface area contributed by atoms with E-state index in [-0.39, 0.29) is 12.5 Å². The summed E-state index contributed by atoms with van der Waals surface area (Å²) in [5.74, 6) is -0.0317. The average Bonchev–Trinajstić information content (AvgIpc) is 2.73. The first-order valence-corrected chi connectivity index (χ1v) is 9.63. The molecule has 6 nitrogen and oxygen atoms in total. The molecule has 1 aliphatic rings. The molecule has 1 amide bonds. The van der Waals surface area contributed by atoms with Crippen LogP contribution in [0.15, 0.2) is 48.5 Å². The Morgan fingerprint density at radius 1 is 1.00 bits per heavy atom. The second-order valence-corrected chi connectivity index (χ2v) is 6.76. The monoisotopic (exact) mass is 402 g/mol. The van der Waals surface area contributed by atoms with Crippen molar-refractivity contribution >= 4 is 29.2 Å². The molecule has 148 valence electrons. The number of carbonyl (C=O) groups is 2. The molecular formula is C21H23ClN2O4. The molecule has 2 aromatic rings. The Bertz CT molecular complexity index is 817. The van der Waals surface area contributed by atoms with Gasteiger partial charge in [-0.2, -0.15) is 0 Å². The highest BCUT2D eigenvalue weighted by atomic mass is 35.5. The van der Waals surface area contributed by atoms with Gasteiger partial charge in [0.05, 0.1) is 22.9 Å². The zero-order valence-electron chi connectivity index (χ0n) is 15.8. The van der Waals surface area contributed by atoms with Crippen LogP contribution in [0, 0.1) is 0 Å². The fourth-order valence-electron chi connectivity index (χ4n) is 3.06. The number of rotatable bonds is 6. The first-order chi connectivity index (χ1) is 13.6. The van der Waals surface area contributed by atoms with E-state index < -0.39 is 5.97 Å². The number of nitrogens with zero attached hydrogens (tertiary/aromatic N) is 2. The fourth-order valence-corrected chi connectivity index (χ4v) is 3.32. The Labute approximate surface area is 169 Å². The summed E-state index contributed by atoms with van der Waals surface area (Å²) < 4.78 is 10.5. The van der Waals surface area contributed by atoms with Gasteiger partial charge >= 0.3 is 5.97 Å². The number of benzene rings is 2. The molecule has 1 aliphatic heterocycles. The first kappa shape index (κ1) is 20.0. The van der Waals surface area contributed by atoms with E-state index >= 15 is 0 Å². The lowest BCUT2D eigenvalue weighted by molar-refractivity contribution is -0.134. The van der Waals surface area contributed by atoms with E-state index in [1.165, 1.54) is 0 Å². The minimum Gasteiger partial charge on any atom is -0.494 e. The molecule has 0 aliphatic carbocycles. The number of para-hydroxylation sites is 1. The van der Waals surface area contributed by atoms with E-state index in [9.17, 15) is 9.59 Å². The second-order valence-electron chi connectivity index (χ2n) is 6.35. The van der Waals surface area contributed by atoms with E-state index in [0.29, 0.717) is 49.1 Å². The van der Waals surface area contributed by atoms with Gasteiger partial charge in [-0.05, 0) is 43.3 Å². The molecule has 0 unspecified atom stereocenters. The van der Waals surface area contributed by atoms with Crippen molar-refractivity contribution in [3.8, 4) is 5.75 Å². The maximum Gasteiger partial charge on any atom is 0.338 e. The number of esters is 1. The Morgan fingerprint density at radius 2 is 1.68 bits per heavy atom. The number of hydrogen-bond donors (Lipinski definition) is 0. The minimum atomic E-state index is -0.522. The summed E-state index contributed by atoms with van der Waals surface area (Å²) in [4.78, 5) is 28.3. The molecule has 0 aromatic heterocycles. The van der Waals surface area contributed by atoms with Crippen molar-refractivity contribution in [3.63, 3.8) is 0 Å². The lowest BCUT2D eigenvalue weighted by Crippen LogP contribution is -2.50. The van der Waals surface area contributed by atoms with Gasteiger partial charge in [0.25, 0.3) is 5.91 Å². The molecule has 7 heteroatoms. The normalized spacial score (nSPS) is 13.9. The maximum absolute atomic E-state index is 12.4. The Balaban J connectivity index is 1.46. The smallest absolute Gasteiger partial charge is 0.338 e. The van der Waals surface area contributed by atoms with Crippen molar-refractivity contribution in [1.82, 2.24) is 4.90 Å². The van der Waals surface area contributed by atoms with Gasteiger partial charge in [-0.25, -0.2) is 4.79 Å². The Hall–Kier alpha value is -2.73. The maximum atomic E-state index is 12.4. The van der Waals surface area contributed by atoms with Gasteiger partial charge in [0.1, 0.15) is 5.75 Å². The van der Waals surface area contributed by atoms with E-state index in [2.05, 4.69) is 4.90 Å². The lowest BCUT2D eigenvalue weighted by atomic mass is 10.2. The summed E-state index contributed by atoms with van der Waals surface area (Å²) >= 11 is 6.24. The minimum absolute atomic E-state index is 0.196. The highest BCUT2D eigenvalue weighted by Crippen LogP contribution is 2.26. The highest BCUT2D eigenvalue weighted by Gasteiger charge is 2.23. The summed E-state index contributed by atoms with van der Waals surface area (Å²) in [6.07, 6.45) is 0. The van der Waals surface area contributed by atoms with Gasteiger partial charge in [-0.15, -0.1) is 0 Å². The SMILES string of the molecule is CCOc1ccc(C(=O)OCC(=O)N2CCN(c3ccccc3Cl)CC2)cc1. The molecule has 1 fully saturated rings. The quantitative estimate of drug-likeness (QED) is 0.694. The third-order valence-corrected chi connectivity index (χ3v) is 4.87. The van der Waals surface area contributed by atoms with Crippen LogP contribution in [0.5, 0.6) is 5.75 Å². The summed E-state index contributed by atoms with van der Waals surface area (Å²) in [6.45, 7) is 4.67. The van der Waals surface area contributed by atoms with Crippen LogP contribution >= 0.6 is 11.6 Å². The van der Waals surface area contributed by atoms with Crippen LogP contribution in [0.25, 0.3) is 0 Å². The topological polar surface area (TPSA) is 59.1 Å². The van der Waals surface area contributed by atoms with Gasteiger partial charge in [-0.1, -0.05) is 23.7 Å². The van der Waals surface area contributed by atoms with Crippen LogP contribution in [-0.2, 0) is 9.53 Å². The van der Waals surface area contributed by atoms with Gasteiger partial charge in [0, 0.05) is 26.2 Å². The van der Waals surface area contributed by atoms with E-state index in [1.54, 1.807) is 29.2 Å². The molecular weight excluding hydrogens is 380 g/mol. The average molecular weight is 403 g/mol. The molecule has 1 saturated heterocycles. The van der Waals surface area contributed by atoms with Crippen molar-refractivity contribution in [1.29, 1.82) is 0 Å². The Kier molecular flexibility index (Phi) is 6.76. The number of carbonyl (C=O) groups excluding carboxylic acids is 2. The molecule has 0 atom stereocenters. The number of amides is 1. The van der Waals surface area contributed by atoms with Crippen LogP contribution < -0.4 is 9.64 Å². The van der Waals surface area contributed by atoms with Crippen molar-refractivity contribution in [2.75, 3.05) is 44.3 Å². The van der Waals surface area contributed by atoms with Crippen molar-refractivity contribution in [3.05, 3.63) is 59.1 Å². The van der Waals surface area contributed by atoms with Gasteiger partial charge < -0.3 is 19.3 Å². The molecule has 0 radical (unpaired) electrons.